The maximum Gasteiger partial charge on any atom is 0.241 e. The van der Waals surface area contributed by atoms with Crippen molar-refractivity contribution in [3.8, 4) is 0 Å². The topological polar surface area (TPSA) is 75.3 Å². The van der Waals surface area contributed by atoms with Crippen LogP contribution in [0.4, 0.5) is 0 Å². The highest BCUT2D eigenvalue weighted by atomic mass is 79.9. The molecule has 148 valence electrons. The molecule has 0 heterocycles. The van der Waals surface area contributed by atoms with Gasteiger partial charge in [-0.2, -0.15) is 0 Å². The summed E-state index contributed by atoms with van der Waals surface area (Å²) in [6.45, 7) is 1.05. The van der Waals surface area contributed by atoms with Crippen LogP contribution in [0.5, 0.6) is 0 Å². The van der Waals surface area contributed by atoms with E-state index < -0.39 is 10.0 Å². The van der Waals surface area contributed by atoms with E-state index in [-0.39, 0.29) is 10.8 Å². The van der Waals surface area contributed by atoms with Crippen molar-refractivity contribution in [3.63, 3.8) is 0 Å². The van der Waals surface area contributed by atoms with E-state index in [2.05, 4.69) is 26.0 Å². The van der Waals surface area contributed by atoms with Crippen LogP contribution in [0.15, 0.2) is 41.3 Å². The normalized spacial score (nSPS) is 11.6. The molecule has 2 aromatic carbocycles. The summed E-state index contributed by atoms with van der Waals surface area (Å²) in [6.07, 6.45) is 3.97. The Labute approximate surface area is 174 Å². The van der Waals surface area contributed by atoms with Gasteiger partial charge in [0.2, 0.25) is 15.9 Å². The number of nitrogens with one attached hydrogen (secondary N) is 2. The Morgan fingerprint density at radius 3 is 2.37 bits per heavy atom. The Balaban J connectivity index is 1.78. The number of hydrogen-bond acceptors (Lipinski definition) is 3. The largest absolute Gasteiger partial charge is 0.356 e. The minimum absolute atomic E-state index is 0.0508. The third kappa shape index (κ3) is 6.75. The fourth-order valence-corrected chi connectivity index (χ4v) is 4.66. The average Bonchev–Trinajstić information content (AvgIpc) is 2.64. The van der Waals surface area contributed by atoms with E-state index in [1.807, 2.05) is 6.07 Å². The molecule has 2 rings (SSSR count). The molecule has 2 aromatic rings. The zero-order valence-electron chi connectivity index (χ0n) is 15.0. The molecular weight excluding hydrogens is 452 g/mol. The van der Waals surface area contributed by atoms with Gasteiger partial charge >= 0.3 is 0 Å². The predicted octanol–water partition coefficient (Wildman–Crippen LogP) is 4.23. The molecule has 0 aliphatic rings. The molecule has 0 aromatic heterocycles. The van der Waals surface area contributed by atoms with Crippen LogP contribution in [0.2, 0.25) is 5.02 Å². The molecule has 0 saturated heterocycles. The Hall–Kier alpha value is -1.15. The van der Waals surface area contributed by atoms with Crippen LogP contribution < -0.4 is 10.0 Å². The zero-order chi connectivity index (χ0) is 19.7. The summed E-state index contributed by atoms with van der Waals surface area (Å²) in [5, 5.41) is 5.40. The Morgan fingerprint density at radius 2 is 1.63 bits per heavy atom. The fourth-order valence-electron chi connectivity index (χ4n) is 2.77. The highest BCUT2D eigenvalue weighted by Gasteiger charge is 2.17. The maximum atomic E-state index is 12.6. The van der Waals surface area contributed by atoms with Crippen molar-refractivity contribution in [1.29, 1.82) is 0 Å². The van der Waals surface area contributed by atoms with E-state index in [1.165, 1.54) is 0 Å². The Bertz CT molecular complexity index is 874. The number of halogens is 2. The third-order valence-electron chi connectivity index (χ3n) is 4.16. The van der Waals surface area contributed by atoms with Gasteiger partial charge in [-0.15, -0.1) is 0 Å². The lowest BCUT2D eigenvalue weighted by Crippen LogP contribution is -2.25. The van der Waals surface area contributed by atoms with Gasteiger partial charge in [0.1, 0.15) is 0 Å². The second-order valence-corrected chi connectivity index (χ2v) is 9.13. The minimum atomic E-state index is -3.59. The van der Waals surface area contributed by atoms with E-state index >= 15 is 0 Å². The van der Waals surface area contributed by atoms with Crippen molar-refractivity contribution in [3.05, 3.63) is 41.4 Å². The number of benzene rings is 2. The molecule has 5 nitrogen and oxygen atoms in total. The number of fused-ring (bicyclic) bond motifs is 1. The van der Waals surface area contributed by atoms with E-state index in [9.17, 15) is 13.2 Å². The molecule has 0 aliphatic carbocycles. The summed E-state index contributed by atoms with van der Waals surface area (Å²) in [5.74, 6) is 0.0508. The van der Waals surface area contributed by atoms with Crippen LogP contribution in [0.1, 0.15) is 32.1 Å². The highest BCUT2D eigenvalue weighted by molar-refractivity contribution is 9.09. The van der Waals surface area contributed by atoms with Gasteiger partial charge in [0.15, 0.2) is 0 Å². The van der Waals surface area contributed by atoms with Gasteiger partial charge in [0.05, 0.1) is 4.90 Å². The molecule has 2 N–H and O–H groups in total. The lowest BCUT2D eigenvalue weighted by Gasteiger charge is -2.10. The van der Waals surface area contributed by atoms with Crippen molar-refractivity contribution >= 4 is 54.2 Å². The molecule has 1 amide bonds. The number of hydrogen-bond donors (Lipinski definition) is 2. The molecule has 27 heavy (non-hydrogen) atoms. The van der Waals surface area contributed by atoms with Crippen LogP contribution in [-0.2, 0) is 14.8 Å². The maximum absolute atomic E-state index is 12.6. The Kier molecular flexibility index (Phi) is 9.02. The van der Waals surface area contributed by atoms with Gasteiger partial charge in [0, 0.05) is 40.6 Å². The molecule has 0 fully saturated rings. The summed E-state index contributed by atoms with van der Waals surface area (Å²) in [6, 6.07) is 10.4. The molecule has 0 spiro atoms. The van der Waals surface area contributed by atoms with Crippen LogP contribution in [0.3, 0.4) is 0 Å². The number of carbonyl (C=O) groups is 1. The second-order valence-electron chi connectivity index (χ2n) is 6.19. The monoisotopic (exact) mass is 474 g/mol. The first-order chi connectivity index (χ1) is 13.0. The summed E-state index contributed by atoms with van der Waals surface area (Å²) < 4.78 is 27.9. The molecular formula is C19H24BrClN2O3S. The van der Waals surface area contributed by atoms with Crippen molar-refractivity contribution in [2.75, 3.05) is 18.4 Å². The average molecular weight is 476 g/mol. The first kappa shape index (κ1) is 22.1. The minimum Gasteiger partial charge on any atom is -0.356 e. The quantitative estimate of drug-likeness (QED) is 0.377. The van der Waals surface area contributed by atoms with Crippen LogP contribution in [0.25, 0.3) is 10.8 Å². The molecule has 8 heteroatoms. The molecule has 0 saturated carbocycles. The molecule has 0 aliphatic heterocycles. The number of carbonyl (C=O) groups excluding carboxylic acids is 1. The van der Waals surface area contributed by atoms with Gasteiger partial charge in [-0.1, -0.05) is 64.6 Å². The number of rotatable bonds is 11. The van der Waals surface area contributed by atoms with Crippen LogP contribution in [-0.4, -0.2) is 32.7 Å². The SMILES string of the molecule is O=C(CCBr)NCCCCCCNS(=O)(=O)c1cccc2c(Cl)cccc12. The first-order valence-electron chi connectivity index (χ1n) is 8.95. The van der Waals surface area contributed by atoms with Crippen molar-refractivity contribution in [2.24, 2.45) is 0 Å². The predicted molar refractivity (Wildman–Crippen MR) is 114 cm³/mol. The van der Waals surface area contributed by atoms with Gasteiger partial charge in [0.25, 0.3) is 0 Å². The number of amides is 1. The van der Waals surface area contributed by atoms with Gasteiger partial charge < -0.3 is 5.32 Å². The van der Waals surface area contributed by atoms with Gasteiger partial charge in [-0.05, 0) is 25.0 Å². The van der Waals surface area contributed by atoms with Gasteiger partial charge in [-0.3, -0.25) is 4.79 Å². The fraction of sp³-hybridized carbons (Fsp3) is 0.421. The van der Waals surface area contributed by atoms with E-state index in [4.69, 9.17) is 11.6 Å². The van der Waals surface area contributed by atoms with Crippen LogP contribution in [0, 0.1) is 0 Å². The van der Waals surface area contributed by atoms with Crippen molar-refractivity contribution < 1.29 is 13.2 Å². The first-order valence-corrected chi connectivity index (χ1v) is 11.9. The summed E-state index contributed by atoms with van der Waals surface area (Å²) >= 11 is 9.39. The lowest BCUT2D eigenvalue weighted by molar-refractivity contribution is -0.120. The number of sulfonamides is 1. The van der Waals surface area contributed by atoms with Crippen molar-refractivity contribution in [2.45, 2.75) is 37.0 Å². The lowest BCUT2D eigenvalue weighted by atomic mass is 10.1. The zero-order valence-corrected chi connectivity index (χ0v) is 18.2. The standard InChI is InChI=1S/C19H24BrClN2O3S/c20-12-11-19(24)22-13-3-1-2-4-14-23-27(25,26)18-10-6-7-15-16(18)8-5-9-17(15)21/h5-10,23H,1-4,11-14H2,(H,22,24). The number of unbranched alkanes of at least 4 members (excludes halogenated alkanes) is 3. The molecule has 0 bridgehead atoms. The smallest absolute Gasteiger partial charge is 0.241 e. The van der Waals surface area contributed by atoms with Crippen LogP contribution >= 0.6 is 27.5 Å². The summed E-state index contributed by atoms with van der Waals surface area (Å²) in [7, 11) is -3.59. The molecule has 0 unspecified atom stereocenters. The highest BCUT2D eigenvalue weighted by Crippen LogP contribution is 2.28. The van der Waals surface area contributed by atoms with E-state index in [1.54, 1.807) is 30.3 Å². The second kappa shape index (κ2) is 11.0. The summed E-state index contributed by atoms with van der Waals surface area (Å²) in [5.41, 5.74) is 0. The van der Waals surface area contributed by atoms with Crippen molar-refractivity contribution in [1.82, 2.24) is 10.0 Å². The van der Waals surface area contributed by atoms with E-state index in [0.29, 0.717) is 35.2 Å². The van der Waals surface area contributed by atoms with Gasteiger partial charge in [-0.25, -0.2) is 13.1 Å². The summed E-state index contributed by atoms with van der Waals surface area (Å²) in [4.78, 5) is 11.6. The van der Waals surface area contributed by atoms with E-state index in [0.717, 1.165) is 31.1 Å². The Morgan fingerprint density at radius 1 is 0.963 bits per heavy atom. The third-order valence-corrected chi connectivity index (χ3v) is 6.40. The number of alkyl halides is 1. The molecule has 0 atom stereocenters. The molecule has 0 radical (unpaired) electrons.